The second-order valence-corrected chi connectivity index (χ2v) is 6.79. The summed E-state index contributed by atoms with van der Waals surface area (Å²) in [5, 5.41) is 0. The number of rotatable bonds is 6. The number of aromatic nitrogens is 1. The molecular formula is C13H20N2O4S. The predicted molar refractivity (Wildman–Crippen MR) is 74.0 cm³/mol. The van der Waals surface area contributed by atoms with E-state index >= 15 is 0 Å². The van der Waals surface area contributed by atoms with Gasteiger partial charge in [-0.3, -0.25) is 0 Å². The summed E-state index contributed by atoms with van der Waals surface area (Å²) >= 11 is 0. The maximum atomic E-state index is 12.3. The molecule has 1 aliphatic rings. The molecule has 0 radical (unpaired) electrons. The highest BCUT2D eigenvalue weighted by Crippen LogP contribution is 2.21. The van der Waals surface area contributed by atoms with Crippen molar-refractivity contribution in [3.05, 3.63) is 18.0 Å². The molecule has 1 saturated heterocycles. The first-order chi connectivity index (χ1) is 9.55. The van der Waals surface area contributed by atoms with Gasteiger partial charge in [0, 0.05) is 19.3 Å². The number of H-pyrrole nitrogens is 1. The first kappa shape index (κ1) is 15.1. The van der Waals surface area contributed by atoms with Crippen molar-refractivity contribution in [2.75, 3.05) is 19.7 Å². The zero-order chi connectivity index (χ0) is 14.6. The molecule has 0 unspecified atom stereocenters. The zero-order valence-corrected chi connectivity index (χ0v) is 12.4. The third-order valence-corrected chi connectivity index (χ3v) is 5.19. The molecule has 0 saturated carbocycles. The van der Waals surface area contributed by atoms with Crippen LogP contribution in [0.25, 0.3) is 0 Å². The molecule has 2 rings (SSSR count). The molecule has 1 N–H and O–H groups in total. The highest BCUT2D eigenvalue weighted by molar-refractivity contribution is 7.89. The Hall–Kier alpha value is -1.34. The third-order valence-electron chi connectivity index (χ3n) is 3.31. The number of hydrogen-bond acceptors (Lipinski definition) is 4. The summed E-state index contributed by atoms with van der Waals surface area (Å²) in [4.78, 5) is 14.5. The van der Waals surface area contributed by atoms with E-state index in [1.165, 1.54) is 16.6 Å². The van der Waals surface area contributed by atoms with Crippen LogP contribution in [0.4, 0.5) is 0 Å². The number of ether oxygens (including phenoxy) is 1. The molecule has 1 aromatic rings. The van der Waals surface area contributed by atoms with Gasteiger partial charge in [-0.25, -0.2) is 13.2 Å². The molecule has 2 heterocycles. The zero-order valence-electron chi connectivity index (χ0n) is 11.6. The highest BCUT2D eigenvalue weighted by atomic mass is 32.2. The number of sulfonamides is 1. The Balaban J connectivity index is 2.06. The molecule has 1 fully saturated rings. The quantitative estimate of drug-likeness (QED) is 0.641. The van der Waals surface area contributed by atoms with Crippen molar-refractivity contribution in [1.82, 2.24) is 9.29 Å². The van der Waals surface area contributed by atoms with Crippen LogP contribution in [-0.4, -0.2) is 43.4 Å². The SMILES string of the molecule is CCCCOC(=O)c1cc(S(=O)(=O)N2CCCC2)c[nH]1. The van der Waals surface area contributed by atoms with Crippen LogP contribution in [0, 0.1) is 0 Å². The second kappa shape index (κ2) is 6.41. The summed E-state index contributed by atoms with van der Waals surface area (Å²) in [5.74, 6) is -0.513. The van der Waals surface area contributed by atoms with Crippen LogP contribution in [-0.2, 0) is 14.8 Å². The predicted octanol–water partition coefficient (Wildman–Crippen LogP) is 1.76. The fraction of sp³-hybridized carbons (Fsp3) is 0.615. The smallest absolute Gasteiger partial charge is 0.354 e. The molecule has 7 heteroatoms. The fourth-order valence-electron chi connectivity index (χ4n) is 2.11. The molecule has 0 atom stereocenters. The maximum absolute atomic E-state index is 12.3. The van der Waals surface area contributed by atoms with E-state index in [0.29, 0.717) is 19.7 Å². The summed E-state index contributed by atoms with van der Waals surface area (Å²) in [7, 11) is -3.48. The van der Waals surface area contributed by atoms with Crippen LogP contribution in [0.2, 0.25) is 0 Å². The largest absolute Gasteiger partial charge is 0.461 e. The van der Waals surface area contributed by atoms with Gasteiger partial charge in [-0.05, 0) is 25.3 Å². The number of carbonyl (C=O) groups is 1. The summed E-state index contributed by atoms with van der Waals surface area (Å²) in [5.41, 5.74) is 0.180. The van der Waals surface area contributed by atoms with E-state index in [1.807, 2.05) is 6.92 Å². The van der Waals surface area contributed by atoms with Gasteiger partial charge in [0.05, 0.1) is 6.61 Å². The van der Waals surface area contributed by atoms with E-state index in [-0.39, 0.29) is 10.6 Å². The molecule has 1 aliphatic heterocycles. The van der Waals surface area contributed by atoms with Gasteiger partial charge in [0.15, 0.2) is 0 Å². The lowest BCUT2D eigenvalue weighted by Gasteiger charge is -2.13. The van der Waals surface area contributed by atoms with Crippen LogP contribution in [0.1, 0.15) is 43.1 Å². The average Bonchev–Trinajstić information content (AvgIpc) is 3.10. The van der Waals surface area contributed by atoms with E-state index in [1.54, 1.807) is 0 Å². The van der Waals surface area contributed by atoms with Gasteiger partial charge in [-0.1, -0.05) is 13.3 Å². The van der Waals surface area contributed by atoms with Crippen molar-refractivity contribution in [1.29, 1.82) is 0 Å². The Labute approximate surface area is 119 Å². The Morgan fingerprint density at radius 3 is 2.75 bits per heavy atom. The first-order valence-electron chi connectivity index (χ1n) is 6.91. The minimum Gasteiger partial charge on any atom is -0.461 e. The highest BCUT2D eigenvalue weighted by Gasteiger charge is 2.28. The van der Waals surface area contributed by atoms with E-state index in [4.69, 9.17) is 4.74 Å². The molecule has 1 aromatic heterocycles. The van der Waals surface area contributed by atoms with E-state index in [9.17, 15) is 13.2 Å². The molecule has 0 aliphatic carbocycles. The Morgan fingerprint density at radius 1 is 1.40 bits per heavy atom. The number of nitrogens with zero attached hydrogens (tertiary/aromatic N) is 1. The van der Waals surface area contributed by atoms with Crippen LogP contribution >= 0.6 is 0 Å². The van der Waals surface area contributed by atoms with Crippen molar-refractivity contribution >= 4 is 16.0 Å². The molecule has 0 aromatic carbocycles. The van der Waals surface area contributed by atoms with E-state index in [0.717, 1.165) is 25.7 Å². The van der Waals surface area contributed by atoms with Gasteiger partial charge in [-0.15, -0.1) is 0 Å². The van der Waals surface area contributed by atoms with Crippen molar-refractivity contribution < 1.29 is 17.9 Å². The van der Waals surface area contributed by atoms with Crippen LogP contribution in [0.15, 0.2) is 17.2 Å². The lowest BCUT2D eigenvalue weighted by Crippen LogP contribution is -2.27. The standard InChI is InChI=1S/C13H20N2O4S/c1-2-3-8-19-13(16)12-9-11(10-14-12)20(17,18)15-6-4-5-7-15/h9-10,14H,2-8H2,1H3. The summed E-state index contributed by atoms with van der Waals surface area (Å²) in [6.07, 6.45) is 4.85. The number of esters is 1. The summed E-state index contributed by atoms with van der Waals surface area (Å²) < 4.78 is 31.1. The molecule has 0 bridgehead atoms. The van der Waals surface area contributed by atoms with Crippen LogP contribution < -0.4 is 0 Å². The van der Waals surface area contributed by atoms with Crippen LogP contribution in [0.3, 0.4) is 0 Å². The van der Waals surface area contributed by atoms with Gasteiger partial charge in [0.1, 0.15) is 10.6 Å². The van der Waals surface area contributed by atoms with Crippen molar-refractivity contribution in [2.45, 2.75) is 37.5 Å². The summed E-state index contributed by atoms with van der Waals surface area (Å²) in [6, 6.07) is 1.35. The van der Waals surface area contributed by atoms with E-state index in [2.05, 4.69) is 4.98 Å². The Kier molecular flexibility index (Phi) is 4.82. The molecule has 20 heavy (non-hydrogen) atoms. The molecule has 112 valence electrons. The molecular weight excluding hydrogens is 280 g/mol. The number of aromatic amines is 1. The average molecular weight is 300 g/mol. The second-order valence-electron chi connectivity index (χ2n) is 4.85. The maximum Gasteiger partial charge on any atom is 0.354 e. The van der Waals surface area contributed by atoms with Crippen LogP contribution in [0.5, 0.6) is 0 Å². The number of carbonyl (C=O) groups excluding carboxylic acids is 1. The van der Waals surface area contributed by atoms with Gasteiger partial charge < -0.3 is 9.72 Å². The number of hydrogen-bond donors (Lipinski definition) is 1. The van der Waals surface area contributed by atoms with E-state index < -0.39 is 16.0 Å². The van der Waals surface area contributed by atoms with Crippen molar-refractivity contribution in [2.24, 2.45) is 0 Å². The Bertz CT molecular complexity index is 559. The topological polar surface area (TPSA) is 79.5 Å². The number of nitrogens with one attached hydrogen (secondary N) is 1. The Morgan fingerprint density at radius 2 is 2.10 bits per heavy atom. The first-order valence-corrected chi connectivity index (χ1v) is 8.35. The third kappa shape index (κ3) is 3.21. The minimum absolute atomic E-state index is 0.127. The normalized spacial score (nSPS) is 16.4. The molecule has 0 spiro atoms. The van der Waals surface area contributed by atoms with Gasteiger partial charge >= 0.3 is 5.97 Å². The van der Waals surface area contributed by atoms with Gasteiger partial charge in [0.25, 0.3) is 0 Å². The minimum atomic E-state index is -3.48. The lowest BCUT2D eigenvalue weighted by molar-refractivity contribution is 0.0493. The monoisotopic (exact) mass is 300 g/mol. The molecule has 0 amide bonds. The van der Waals surface area contributed by atoms with Gasteiger partial charge in [0.2, 0.25) is 10.0 Å². The fourth-order valence-corrected chi connectivity index (χ4v) is 3.62. The van der Waals surface area contributed by atoms with Gasteiger partial charge in [-0.2, -0.15) is 4.31 Å². The number of unbranched alkanes of at least 4 members (excludes halogenated alkanes) is 1. The van der Waals surface area contributed by atoms with Crippen molar-refractivity contribution in [3.63, 3.8) is 0 Å². The summed E-state index contributed by atoms with van der Waals surface area (Å²) in [6.45, 7) is 3.44. The lowest BCUT2D eigenvalue weighted by atomic mass is 10.3. The molecule has 6 nitrogen and oxygen atoms in total. The van der Waals surface area contributed by atoms with Crippen molar-refractivity contribution in [3.8, 4) is 0 Å².